The van der Waals surface area contributed by atoms with E-state index < -0.39 is 0 Å². The minimum Gasteiger partial charge on any atom is -0.353 e. The maximum absolute atomic E-state index is 10.8. The predicted octanol–water partition coefficient (Wildman–Crippen LogP) is 2.37. The number of rotatable bonds is 5. The molecule has 1 aromatic carbocycles. The highest BCUT2D eigenvalue weighted by molar-refractivity contribution is 5.56. The van der Waals surface area contributed by atoms with Gasteiger partial charge in [-0.25, -0.2) is 4.98 Å². The number of aromatic nitrogens is 2. The van der Waals surface area contributed by atoms with Crippen LogP contribution in [0.3, 0.4) is 0 Å². The molecule has 0 radical (unpaired) electrons. The van der Waals surface area contributed by atoms with Crippen LogP contribution < -0.4 is 10.2 Å². The molecule has 126 valence electrons. The Kier molecular flexibility index (Phi) is 4.93. The lowest BCUT2D eigenvalue weighted by molar-refractivity contribution is -0.118. The van der Waals surface area contributed by atoms with Crippen LogP contribution in [-0.4, -0.2) is 47.5 Å². The molecule has 3 rings (SSSR count). The summed E-state index contributed by atoms with van der Waals surface area (Å²) in [6.45, 7) is 7.15. The van der Waals surface area contributed by atoms with Crippen LogP contribution in [0.5, 0.6) is 0 Å². The molecular weight excluding hydrogens is 302 g/mol. The third-order valence-corrected chi connectivity index (χ3v) is 4.25. The molecule has 0 bridgehead atoms. The molecule has 1 aliphatic rings. The average molecular weight is 325 g/mol. The van der Waals surface area contributed by atoms with Gasteiger partial charge < -0.3 is 15.1 Å². The number of carbonyl (C=O) groups is 1. The second-order valence-corrected chi connectivity index (χ2v) is 6.00. The minimum atomic E-state index is 0.604. The third kappa shape index (κ3) is 3.82. The molecule has 24 heavy (non-hydrogen) atoms. The molecule has 0 spiro atoms. The van der Waals surface area contributed by atoms with Crippen molar-refractivity contribution in [2.75, 3.05) is 36.4 Å². The summed E-state index contributed by atoms with van der Waals surface area (Å²) in [6, 6.07) is 10.3. The first-order chi connectivity index (χ1) is 11.7. The van der Waals surface area contributed by atoms with Crippen molar-refractivity contribution in [2.45, 2.75) is 20.3 Å². The highest BCUT2D eigenvalue weighted by Gasteiger charge is 2.17. The molecule has 1 fully saturated rings. The van der Waals surface area contributed by atoms with Crippen molar-refractivity contribution in [3.05, 3.63) is 41.6 Å². The van der Waals surface area contributed by atoms with Gasteiger partial charge in [-0.1, -0.05) is 19.1 Å². The van der Waals surface area contributed by atoms with Crippen LogP contribution in [0.4, 0.5) is 17.5 Å². The van der Waals surface area contributed by atoms with Gasteiger partial charge in [0.2, 0.25) is 12.4 Å². The number of piperazine rings is 1. The molecule has 0 saturated carbocycles. The van der Waals surface area contributed by atoms with E-state index in [1.807, 2.05) is 25.1 Å². The van der Waals surface area contributed by atoms with E-state index in [0.717, 1.165) is 56.2 Å². The summed E-state index contributed by atoms with van der Waals surface area (Å²) >= 11 is 0. The molecule has 1 aliphatic heterocycles. The molecule has 1 amide bonds. The van der Waals surface area contributed by atoms with Crippen LogP contribution >= 0.6 is 0 Å². The van der Waals surface area contributed by atoms with Gasteiger partial charge in [-0.2, -0.15) is 4.98 Å². The van der Waals surface area contributed by atoms with E-state index in [0.29, 0.717) is 5.95 Å². The van der Waals surface area contributed by atoms with Crippen molar-refractivity contribution in [3.8, 4) is 0 Å². The molecule has 1 N–H and O–H groups in total. The first kappa shape index (κ1) is 16.2. The zero-order valence-corrected chi connectivity index (χ0v) is 14.2. The van der Waals surface area contributed by atoms with Gasteiger partial charge in [-0.15, -0.1) is 0 Å². The Morgan fingerprint density at radius 3 is 2.46 bits per heavy atom. The Morgan fingerprint density at radius 1 is 1.12 bits per heavy atom. The topological polar surface area (TPSA) is 61.4 Å². The summed E-state index contributed by atoms with van der Waals surface area (Å²) in [4.78, 5) is 23.9. The Labute approximate surface area is 142 Å². The summed E-state index contributed by atoms with van der Waals surface area (Å²) in [5.74, 6) is 1.51. The number of carbonyl (C=O) groups excluding carboxylic acids is 1. The van der Waals surface area contributed by atoms with Crippen LogP contribution in [0.25, 0.3) is 0 Å². The number of hydrogen-bond acceptors (Lipinski definition) is 5. The lowest BCUT2D eigenvalue weighted by Crippen LogP contribution is -2.46. The molecule has 1 saturated heterocycles. The van der Waals surface area contributed by atoms with Gasteiger partial charge >= 0.3 is 0 Å². The molecule has 0 aliphatic carbocycles. The van der Waals surface area contributed by atoms with E-state index in [1.165, 1.54) is 5.56 Å². The predicted molar refractivity (Wildman–Crippen MR) is 95.7 cm³/mol. The van der Waals surface area contributed by atoms with Gasteiger partial charge in [0, 0.05) is 43.6 Å². The second-order valence-electron chi connectivity index (χ2n) is 6.00. The Hall–Kier alpha value is -2.63. The van der Waals surface area contributed by atoms with E-state index in [1.54, 1.807) is 4.90 Å². The first-order valence-corrected chi connectivity index (χ1v) is 8.34. The number of hydrogen-bond donors (Lipinski definition) is 1. The summed E-state index contributed by atoms with van der Waals surface area (Å²) in [7, 11) is 0. The lowest BCUT2D eigenvalue weighted by Gasteiger charge is -2.33. The number of benzene rings is 1. The number of nitrogens with one attached hydrogen (secondary N) is 1. The molecule has 0 unspecified atom stereocenters. The van der Waals surface area contributed by atoms with Crippen LogP contribution in [0.15, 0.2) is 30.3 Å². The van der Waals surface area contributed by atoms with E-state index >= 15 is 0 Å². The minimum absolute atomic E-state index is 0.604. The fraction of sp³-hybridized carbons (Fsp3) is 0.389. The van der Waals surface area contributed by atoms with E-state index in [4.69, 9.17) is 0 Å². The van der Waals surface area contributed by atoms with Gasteiger partial charge in [0.25, 0.3) is 0 Å². The summed E-state index contributed by atoms with van der Waals surface area (Å²) in [6.07, 6.45) is 1.94. The Balaban J connectivity index is 1.74. The van der Waals surface area contributed by atoms with Gasteiger partial charge in [0.05, 0.1) is 0 Å². The number of anilines is 3. The largest absolute Gasteiger partial charge is 0.353 e. The highest BCUT2D eigenvalue weighted by Crippen LogP contribution is 2.20. The van der Waals surface area contributed by atoms with Gasteiger partial charge in [-0.3, -0.25) is 4.79 Å². The van der Waals surface area contributed by atoms with Gasteiger partial charge in [0.15, 0.2) is 0 Å². The SMILES string of the molecule is CCc1ccc(Nc2nc(C)cc(N3CCN(C=O)CC3)n2)cc1. The standard InChI is InChI=1S/C18H23N5O/c1-3-15-4-6-16(7-5-15)20-18-19-14(2)12-17(21-18)23-10-8-22(13-24)9-11-23/h4-7,12-13H,3,8-11H2,1-2H3,(H,19,20,21). The highest BCUT2D eigenvalue weighted by atomic mass is 16.1. The Bertz CT molecular complexity index is 693. The molecule has 6 nitrogen and oxygen atoms in total. The van der Waals surface area contributed by atoms with E-state index in [-0.39, 0.29) is 0 Å². The first-order valence-electron chi connectivity index (χ1n) is 8.34. The van der Waals surface area contributed by atoms with Crippen molar-refractivity contribution < 1.29 is 4.79 Å². The van der Waals surface area contributed by atoms with Crippen molar-refractivity contribution in [1.29, 1.82) is 0 Å². The average Bonchev–Trinajstić information content (AvgIpc) is 2.62. The summed E-state index contributed by atoms with van der Waals surface area (Å²) in [5.41, 5.74) is 3.21. The van der Waals surface area contributed by atoms with Crippen LogP contribution in [0.1, 0.15) is 18.2 Å². The van der Waals surface area contributed by atoms with E-state index in [9.17, 15) is 4.79 Å². The monoisotopic (exact) mass is 325 g/mol. The molecule has 1 aromatic heterocycles. The lowest BCUT2D eigenvalue weighted by atomic mass is 10.1. The molecular formula is C18H23N5O. The molecule has 0 atom stereocenters. The zero-order chi connectivity index (χ0) is 16.9. The maximum Gasteiger partial charge on any atom is 0.229 e. The molecule has 2 heterocycles. The number of aryl methyl sites for hydroxylation is 2. The summed E-state index contributed by atoms with van der Waals surface area (Å²) in [5, 5.41) is 3.28. The van der Waals surface area contributed by atoms with Crippen molar-refractivity contribution in [2.24, 2.45) is 0 Å². The zero-order valence-electron chi connectivity index (χ0n) is 14.2. The van der Waals surface area contributed by atoms with Gasteiger partial charge in [-0.05, 0) is 31.0 Å². The fourth-order valence-corrected chi connectivity index (χ4v) is 2.78. The quantitative estimate of drug-likeness (QED) is 0.855. The molecule has 6 heteroatoms. The van der Waals surface area contributed by atoms with Crippen LogP contribution in [-0.2, 0) is 11.2 Å². The summed E-state index contributed by atoms with van der Waals surface area (Å²) < 4.78 is 0. The van der Waals surface area contributed by atoms with Crippen LogP contribution in [0.2, 0.25) is 0 Å². The number of nitrogens with zero attached hydrogens (tertiary/aromatic N) is 4. The smallest absolute Gasteiger partial charge is 0.229 e. The molecule has 2 aromatic rings. The second kappa shape index (κ2) is 7.29. The van der Waals surface area contributed by atoms with Crippen LogP contribution in [0, 0.1) is 6.92 Å². The van der Waals surface area contributed by atoms with E-state index in [2.05, 4.69) is 39.2 Å². The fourth-order valence-electron chi connectivity index (χ4n) is 2.78. The maximum atomic E-state index is 10.8. The van der Waals surface area contributed by atoms with Crippen molar-refractivity contribution in [1.82, 2.24) is 14.9 Å². The van der Waals surface area contributed by atoms with Crippen molar-refractivity contribution in [3.63, 3.8) is 0 Å². The third-order valence-electron chi connectivity index (χ3n) is 4.25. The van der Waals surface area contributed by atoms with Crippen molar-refractivity contribution >= 4 is 23.9 Å². The Morgan fingerprint density at radius 2 is 1.83 bits per heavy atom. The normalized spacial score (nSPS) is 14.6. The number of amides is 1. The van der Waals surface area contributed by atoms with Gasteiger partial charge in [0.1, 0.15) is 5.82 Å².